The molecule has 0 aliphatic rings. The molecule has 0 atom stereocenters. The second-order valence-corrected chi connectivity index (χ2v) is 5.42. The first kappa shape index (κ1) is 15.3. The third kappa shape index (κ3) is 3.73. The van der Waals surface area contributed by atoms with Gasteiger partial charge in [-0.1, -0.05) is 12.1 Å². The van der Waals surface area contributed by atoms with Crippen molar-refractivity contribution in [3.63, 3.8) is 0 Å². The lowest BCUT2D eigenvalue weighted by molar-refractivity contribution is 0.112. The van der Waals surface area contributed by atoms with Crippen molar-refractivity contribution in [1.29, 1.82) is 5.26 Å². The third-order valence-corrected chi connectivity index (χ3v) is 3.63. The molecule has 0 saturated carbocycles. The number of nitrogens with zero attached hydrogens (tertiary/aromatic N) is 1. The van der Waals surface area contributed by atoms with Crippen LogP contribution in [0.15, 0.2) is 36.4 Å². The Balaban J connectivity index is 2.23. The number of halogens is 1. The lowest BCUT2D eigenvalue weighted by Crippen LogP contribution is -2.01. The quantitative estimate of drug-likeness (QED) is 0.576. The first-order chi connectivity index (χ1) is 10.2. The Morgan fingerprint density at radius 2 is 2.14 bits per heavy atom. The molecule has 106 valence electrons. The van der Waals surface area contributed by atoms with Crippen molar-refractivity contribution in [2.75, 3.05) is 7.11 Å². The lowest BCUT2D eigenvalue weighted by atomic mass is 10.1. The first-order valence-electron chi connectivity index (χ1n) is 6.12. The van der Waals surface area contributed by atoms with E-state index in [1.807, 2.05) is 12.1 Å². The number of nitriles is 1. The minimum absolute atomic E-state index is 0.322. The molecule has 0 unspecified atom stereocenters. The van der Waals surface area contributed by atoms with Gasteiger partial charge in [-0.2, -0.15) is 5.26 Å². The average Bonchev–Trinajstić information content (AvgIpc) is 2.53. The van der Waals surface area contributed by atoms with Crippen molar-refractivity contribution in [2.45, 2.75) is 6.61 Å². The topological polar surface area (TPSA) is 59.3 Å². The molecule has 2 aromatic carbocycles. The molecule has 0 aliphatic heterocycles. The second kappa shape index (κ2) is 7.09. The molecule has 0 heterocycles. The number of methoxy groups -OCH3 is 1. The fourth-order valence-corrected chi connectivity index (χ4v) is 2.62. The van der Waals surface area contributed by atoms with Gasteiger partial charge in [0.1, 0.15) is 12.9 Å². The van der Waals surface area contributed by atoms with Gasteiger partial charge in [-0.15, -0.1) is 0 Å². The zero-order valence-electron chi connectivity index (χ0n) is 11.3. The summed E-state index contributed by atoms with van der Waals surface area (Å²) in [5, 5.41) is 8.89. The third-order valence-electron chi connectivity index (χ3n) is 2.83. The summed E-state index contributed by atoms with van der Waals surface area (Å²) in [4.78, 5) is 10.9. The van der Waals surface area contributed by atoms with Crippen LogP contribution in [0, 0.1) is 14.9 Å². The predicted octanol–water partition coefficient (Wildman–Crippen LogP) is 3.56. The Kier molecular flexibility index (Phi) is 5.17. The minimum atomic E-state index is 0.322. The zero-order valence-corrected chi connectivity index (χ0v) is 13.5. The fourth-order valence-electron chi connectivity index (χ4n) is 1.83. The van der Waals surface area contributed by atoms with E-state index in [2.05, 4.69) is 28.7 Å². The number of carbonyl (C=O) groups excluding carboxylic acids is 1. The molecule has 2 rings (SSSR count). The summed E-state index contributed by atoms with van der Waals surface area (Å²) in [7, 11) is 1.53. The molecule has 4 nitrogen and oxygen atoms in total. The van der Waals surface area contributed by atoms with Crippen LogP contribution in [0.25, 0.3) is 0 Å². The smallest absolute Gasteiger partial charge is 0.174 e. The van der Waals surface area contributed by atoms with Gasteiger partial charge < -0.3 is 9.47 Å². The van der Waals surface area contributed by atoms with Crippen molar-refractivity contribution in [3.8, 4) is 17.6 Å². The highest BCUT2D eigenvalue weighted by Crippen LogP contribution is 2.34. The summed E-state index contributed by atoms with van der Waals surface area (Å²) < 4.78 is 11.8. The van der Waals surface area contributed by atoms with E-state index in [-0.39, 0.29) is 0 Å². The Morgan fingerprint density at radius 1 is 1.33 bits per heavy atom. The van der Waals surface area contributed by atoms with Gasteiger partial charge in [-0.25, -0.2) is 0 Å². The molecule has 0 aromatic heterocycles. The molecule has 0 aliphatic carbocycles. The average molecular weight is 393 g/mol. The van der Waals surface area contributed by atoms with Crippen LogP contribution in [0.4, 0.5) is 0 Å². The molecule has 0 fully saturated rings. The van der Waals surface area contributed by atoms with E-state index in [0.717, 1.165) is 15.4 Å². The van der Waals surface area contributed by atoms with Crippen LogP contribution >= 0.6 is 22.6 Å². The highest BCUT2D eigenvalue weighted by Gasteiger charge is 2.11. The van der Waals surface area contributed by atoms with Crippen LogP contribution < -0.4 is 9.47 Å². The number of hydrogen-bond acceptors (Lipinski definition) is 4. The number of carbonyl (C=O) groups is 1. The highest BCUT2D eigenvalue weighted by atomic mass is 127. The van der Waals surface area contributed by atoms with Crippen molar-refractivity contribution in [1.82, 2.24) is 0 Å². The zero-order chi connectivity index (χ0) is 15.2. The molecular formula is C16H12INO3. The SMILES string of the molecule is COc1cc(C=O)cc(I)c1OCc1cccc(C#N)c1. The van der Waals surface area contributed by atoms with E-state index in [0.29, 0.717) is 29.2 Å². The molecule has 0 saturated heterocycles. The Labute approximate surface area is 136 Å². The lowest BCUT2D eigenvalue weighted by Gasteiger charge is -2.13. The van der Waals surface area contributed by atoms with Gasteiger partial charge in [-0.3, -0.25) is 4.79 Å². The van der Waals surface area contributed by atoms with Gasteiger partial charge in [0.05, 0.1) is 22.3 Å². The largest absolute Gasteiger partial charge is 0.493 e. The maximum absolute atomic E-state index is 10.9. The molecule has 0 N–H and O–H groups in total. The maximum atomic E-state index is 10.9. The molecule has 0 radical (unpaired) electrons. The first-order valence-corrected chi connectivity index (χ1v) is 7.20. The maximum Gasteiger partial charge on any atom is 0.174 e. The molecular weight excluding hydrogens is 381 g/mol. The Hall–Kier alpha value is -2.07. The summed E-state index contributed by atoms with van der Waals surface area (Å²) >= 11 is 2.10. The number of rotatable bonds is 5. The summed E-state index contributed by atoms with van der Waals surface area (Å²) in [6.45, 7) is 0.322. The van der Waals surface area contributed by atoms with Crippen LogP contribution in [-0.4, -0.2) is 13.4 Å². The van der Waals surface area contributed by atoms with Gasteiger partial charge >= 0.3 is 0 Å². The van der Waals surface area contributed by atoms with Crippen molar-refractivity contribution < 1.29 is 14.3 Å². The van der Waals surface area contributed by atoms with Gasteiger partial charge in [0.25, 0.3) is 0 Å². The molecule has 0 spiro atoms. The van der Waals surface area contributed by atoms with Crippen molar-refractivity contribution in [2.24, 2.45) is 0 Å². The standard InChI is InChI=1S/C16H12INO3/c1-20-15-7-13(9-19)6-14(17)16(15)21-10-12-4-2-3-11(5-12)8-18/h2-7,9H,10H2,1H3. The van der Waals surface area contributed by atoms with Crippen molar-refractivity contribution in [3.05, 3.63) is 56.7 Å². The number of ether oxygens (including phenoxy) is 2. The Morgan fingerprint density at radius 3 is 2.81 bits per heavy atom. The molecule has 0 amide bonds. The number of hydrogen-bond donors (Lipinski definition) is 0. The van der Waals surface area contributed by atoms with E-state index >= 15 is 0 Å². The van der Waals surface area contributed by atoms with E-state index in [4.69, 9.17) is 14.7 Å². The van der Waals surface area contributed by atoms with Gasteiger partial charge in [0.2, 0.25) is 0 Å². The number of benzene rings is 2. The fraction of sp³-hybridized carbons (Fsp3) is 0.125. The van der Waals surface area contributed by atoms with Gasteiger partial charge in [0, 0.05) is 5.56 Å². The highest BCUT2D eigenvalue weighted by molar-refractivity contribution is 14.1. The molecule has 2 aromatic rings. The van der Waals surface area contributed by atoms with E-state index in [1.54, 1.807) is 24.3 Å². The predicted molar refractivity (Wildman–Crippen MR) is 86.6 cm³/mol. The van der Waals surface area contributed by atoms with Crippen LogP contribution in [-0.2, 0) is 6.61 Å². The summed E-state index contributed by atoms with van der Waals surface area (Å²) in [5.74, 6) is 1.10. The second-order valence-electron chi connectivity index (χ2n) is 4.25. The van der Waals surface area contributed by atoms with Crippen molar-refractivity contribution >= 4 is 28.9 Å². The van der Waals surface area contributed by atoms with Crippen LogP contribution in [0.1, 0.15) is 21.5 Å². The molecule has 21 heavy (non-hydrogen) atoms. The minimum Gasteiger partial charge on any atom is -0.493 e. The Bertz CT molecular complexity index is 707. The van der Waals surface area contributed by atoms with Crippen LogP contribution in [0.2, 0.25) is 0 Å². The monoisotopic (exact) mass is 393 g/mol. The summed E-state index contributed by atoms with van der Waals surface area (Å²) in [6, 6.07) is 12.7. The van der Waals surface area contributed by atoms with Gasteiger partial charge in [-0.05, 0) is 52.4 Å². The van der Waals surface area contributed by atoms with E-state index in [1.165, 1.54) is 7.11 Å². The van der Waals surface area contributed by atoms with Crippen LogP contribution in [0.3, 0.4) is 0 Å². The summed E-state index contributed by atoms with van der Waals surface area (Å²) in [6.07, 6.45) is 0.769. The normalized spacial score (nSPS) is 9.76. The summed E-state index contributed by atoms with van der Waals surface area (Å²) in [5.41, 5.74) is 2.02. The number of aldehydes is 1. The van der Waals surface area contributed by atoms with E-state index in [9.17, 15) is 4.79 Å². The molecule has 0 bridgehead atoms. The van der Waals surface area contributed by atoms with Crippen LogP contribution in [0.5, 0.6) is 11.5 Å². The molecule has 5 heteroatoms. The van der Waals surface area contributed by atoms with Gasteiger partial charge in [0.15, 0.2) is 11.5 Å². The van der Waals surface area contributed by atoms with E-state index < -0.39 is 0 Å².